The number of aromatic nitrogens is 3. The van der Waals surface area contributed by atoms with Gasteiger partial charge in [0.25, 0.3) is 7.82 Å². The summed E-state index contributed by atoms with van der Waals surface area (Å²) < 4.78 is 15.9. The van der Waals surface area contributed by atoms with E-state index in [0.717, 1.165) is 6.73 Å². The van der Waals surface area contributed by atoms with Gasteiger partial charge in [-0.3, -0.25) is 9.55 Å². The van der Waals surface area contributed by atoms with E-state index in [4.69, 9.17) is 10.6 Å². The van der Waals surface area contributed by atoms with Crippen molar-refractivity contribution in [2.45, 2.75) is 34.6 Å². The van der Waals surface area contributed by atoms with E-state index in [1.807, 2.05) is 27.7 Å². The molecule has 0 spiro atoms. The van der Waals surface area contributed by atoms with Crippen LogP contribution in [0, 0.1) is 13.7 Å². The van der Waals surface area contributed by atoms with E-state index in [0.29, 0.717) is 17.0 Å². The van der Waals surface area contributed by atoms with Crippen molar-refractivity contribution in [2.75, 3.05) is 5.73 Å². The molecule has 2 heterocycles. The fraction of sp³-hybridized carbons (Fsp3) is 0.417. The van der Waals surface area contributed by atoms with Crippen LogP contribution in [0.5, 0.6) is 0 Å². The minimum atomic E-state index is -4.83. The van der Waals surface area contributed by atoms with E-state index in [1.54, 1.807) is 19.1 Å². The molecule has 129 valence electrons. The Balaban J connectivity index is -0.000000156. The van der Waals surface area contributed by atoms with Gasteiger partial charge in [0.2, 0.25) is 0 Å². The maximum Gasteiger partial charge on any atom is 1.00 e. The van der Waals surface area contributed by atoms with Crippen LogP contribution in [0.25, 0.3) is 11.2 Å². The normalized spacial score (nSPS) is 10.5. The number of anilines is 1. The molecular formula is C12H21N4O4PRb3Rh+. The molecule has 0 saturated carbocycles. The molecule has 0 bridgehead atoms. The number of fused-ring (bicyclic) bond motifs is 1. The van der Waals surface area contributed by atoms with Crippen LogP contribution in [-0.2, 0) is 28.6 Å². The van der Waals surface area contributed by atoms with Crippen LogP contribution in [0.3, 0.4) is 0 Å². The van der Waals surface area contributed by atoms with Crippen LogP contribution >= 0.6 is 7.82 Å². The number of hydrogen-bond acceptors (Lipinski definition) is 6. The van der Waals surface area contributed by atoms with Gasteiger partial charge in [-0.25, -0.2) is 0 Å². The maximum absolute atomic E-state index is 10.5. The molecule has 2 aromatic rings. The Labute approximate surface area is 309 Å². The molecule has 25 heavy (non-hydrogen) atoms. The number of nitrogens with zero attached hydrogens (tertiary/aromatic N) is 3. The quantitative estimate of drug-likeness (QED) is 0.188. The van der Waals surface area contributed by atoms with E-state index in [2.05, 4.69) is 14.5 Å². The summed E-state index contributed by atoms with van der Waals surface area (Å²) >= 11 is 0. The summed E-state index contributed by atoms with van der Waals surface area (Å²) in [6.07, 6.45) is 0. The number of phosphoric acid groups is 1. The Kier molecular flexibility index (Phi) is 34.5. The van der Waals surface area contributed by atoms with Gasteiger partial charge >= 0.3 is 175 Å². The van der Waals surface area contributed by atoms with Gasteiger partial charge in [0.15, 0.2) is 0 Å². The van der Waals surface area contributed by atoms with Crippen molar-refractivity contribution >= 4 is 24.8 Å². The first-order chi connectivity index (χ1) is 9.87. The molecule has 13 heteroatoms. The van der Waals surface area contributed by atoms with Crippen molar-refractivity contribution in [3.8, 4) is 0 Å². The molecule has 0 amide bonds. The van der Waals surface area contributed by atoms with E-state index in [9.17, 15) is 9.46 Å². The van der Waals surface area contributed by atoms with Crippen molar-refractivity contribution in [1.82, 2.24) is 14.5 Å². The van der Waals surface area contributed by atoms with Crippen LogP contribution in [0.15, 0.2) is 12.1 Å². The van der Waals surface area contributed by atoms with Gasteiger partial charge in [0.05, 0.1) is 5.65 Å². The van der Waals surface area contributed by atoms with Gasteiger partial charge in [-0.15, -0.1) is 0 Å². The summed E-state index contributed by atoms with van der Waals surface area (Å²) in [5.74, 6) is 0.716. The summed E-state index contributed by atoms with van der Waals surface area (Å²) in [4.78, 5) is 27.1. The molecule has 0 aliphatic rings. The Morgan fingerprint density at radius 1 is 1.20 bits per heavy atom. The number of aryl methyl sites for hydroxylation is 1. The molecule has 0 fully saturated rings. The molecule has 2 rings (SSSR count). The fourth-order valence-corrected chi connectivity index (χ4v) is 1.55. The Morgan fingerprint density at radius 3 is 2.12 bits per heavy atom. The topological polar surface area (TPSA) is 126 Å². The van der Waals surface area contributed by atoms with Gasteiger partial charge in [0, 0.05) is 37.5 Å². The third-order valence-corrected chi connectivity index (χ3v) is 2.38. The van der Waals surface area contributed by atoms with Gasteiger partial charge < -0.3 is 29.6 Å². The Morgan fingerprint density at radius 2 is 1.68 bits per heavy atom. The SMILES string of the molecule is CC.CC.Cc1nc2ccc(N)nc2n1[CH-]OP(=O)([O-])O.[Rb+].[Rb+].[Rb+].[Rh]. The van der Waals surface area contributed by atoms with Crippen molar-refractivity contribution in [3.05, 3.63) is 24.7 Å². The first kappa shape index (κ1) is 39.9. The standard InChI is InChI=1S/C8H10N4O4P.2C2H6.3Rb.Rh/c1-5-10-6-2-3-7(9)11-8(6)12(5)4-16-17(13,14)15;2*1-2;;;;/h2-4H,1H3,(H2,9,11)(H2,13,14,15);2*1-2H3;;;;/q-1;;;3*+1;/p-1. The summed E-state index contributed by atoms with van der Waals surface area (Å²) in [7, 11) is -4.83. The van der Waals surface area contributed by atoms with E-state index in [-0.39, 0.29) is 200 Å². The van der Waals surface area contributed by atoms with Crippen LogP contribution in [0.2, 0.25) is 0 Å². The fourth-order valence-electron chi connectivity index (χ4n) is 1.33. The van der Waals surface area contributed by atoms with Crippen molar-refractivity contribution < 1.29 is 213 Å². The molecule has 0 aliphatic carbocycles. The van der Waals surface area contributed by atoms with E-state index in [1.165, 1.54) is 4.57 Å². The smallest absolute Gasteiger partial charge is 0.757 e. The molecule has 2 aromatic heterocycles. The van der Waals surface area contributed by atoms with Gasteiger partial charge in [-0.1, -0.05) is 34.6 Å². The molecule has 1 radical (unpaired) electrons. The summed E-state index contributed by atoms with van der Waals surface area (Å²) in [5, 5.41) is 0. The molecule has 1 unspecified atom stereocenters. The number of nitrogens with two attached hydrogens (primary N) is 1. The third kappa shape index (κ3) is 15.8. The predicted octanol–water partition coefficient (Wildman–Crippen LogP) is -7.17. The minimum Gasteiger partial charge on any atom is -0.757 e. The zero-order valence-corrected chi connectivity index (χ0v) is 33.4. The first-order valence-electron chi connectivity index (χ1n) is 6.53. The first-order valence-corrected chi connectivity index (χ1v) is 8.03. The van der Waals surface area contributed by atoms with Crippen LogP contribution in [-0.4, -0.2) is 19.4 Å². The van der Waals surface area contributed by atoms with Crippen LogP contribution in [0.1, 0.15) is 33.5 Å². The molecule has 1 atom stereocenters. The van der Waals surface area contributed by atoms with Crippen molar-refractivity contribution in [3.63, 3.8) is 0 Å². The molecule has 0 saturated heterocycles. The summed E-state index contributed by atoms with van der Waals surface area (Å²) in [6.45, 7) is 10.4. The van der Waals surface area contributed by atoms with Gasteiger partial charge in [0.1, 0.15) is 5.82 Å². The number of rotatable bonds is 3. The number of pyridine rings is 1. The summed E-state index contributed by atoms with van der Waals surface area (Å²) in [5.41, 5.74) is 6.39. The monoisotopic (exact) mass is 674 g/mol. The number of hydrogen-bond donors (Lipinski definition) is 2. The molecule has 0 aliphatic heterocycles. The second-order valence-corrected chi connectivity index (χ2v) is 4.44. The van der Waals surface area contributed by atoms with Crippen LogP contribution < -0.4 is 185 Å². The molecule has 8 nitrogen and oxygen atoms in total. The Hall–Kier alpha value is 4.44. The minimum absolute atomic E-state index is 0. The number of phosphoric ester groups is 1. The maximum atomic E-state index is 10.5. The van der Waals surface area contributed by atoms with Crippen molar-refractivity contribution in [1.29, 1.82) is 0 Å². The van der Waals surface area contributed by atoms with E-state index >= 15 is 0 Å². The average Bonchev–Trinajstić information content (AvgIpc) is 2.75. The second-order valence-electron chi connectivity index (χ2n) is 3.29. The largest absolute Gasteiger partial charge is 1.00 e. The molecule has 3 N–H and O–H groups in total. The number of nitrogen functional groups attached to an aromatic ring is 1. The second kappa shape index (κ2) is 21.7. The number of imidazole rings is 1. The zero-order chi connectivity index (χ0) is 16.6. The Bertz CT molecular complexity index is 628. The predicted molar refractivity (Wildman–Crippen MR) is 80.0 cm³/mol. The van der Waals surface area contributed by atoms with Crippen LogP contribution in [0.4, 0.5) is 5.82 Å². The molecule has 0 aromatic carbocycles. The molecular weight excluding hydrogens is 654 g/mol. The summed E-state index contributed by atoms with van der Waals surface area (Å²) in [6, 6.07) is 3.22. The van der Waals surface area contributed by atoms with Gasteiger partial charge in [-0.05, 0) is 12.1 Å². The van der Waals surface area contributed by atoms with Gasteiger partial charge in [-0.2, -0.15) is 0 Å². The van der Waals surface area contributed by atoms with Crippen molar-refractivity contribution in [2.24, 2.45) is 0 Å². The third-order valence-electron chi connectivity index (χ3n) is 2.02. The van der Waals surface area contributed by atoms with E-state index < -0.39 is 7.82 Å². The zero-order valence-electron chi connectivity index (χ0n) is 16.1. The average molecular weight is 676 g/mol.